The lowest BCUT2D eigenvalue weighted by Crippen LogP contribution is -2.59. The molecule has 1 fully saturated rings. The Morgan fingerprint density at radius 1 is 1.30 bits per heavy atom. The van der Waals surface area contributed by atoms with Gasteiger partial charge in [-0.2, -0.15) is 4.98 Å². The highest BCUT2D eigenvalue weighted by molar-refractivity contribution is 9.10. The van der Waals surface area contributed by atoms with Crippen LogP contribution in [0.1, 0.15) is 32.6 Å². The van der Waals surface area contributed by atoms with E-state index in [1.807, 2.05) is 31.2 Å². The van der Waals surface area contributed by atoms with Crippen molar-refractivity contribution in [2.24, 2.45) is 0 Å². The highest BCUT2D eigenvalue weighted by Crippen LogP contribution is 2.38. The van der Waals surface area contributed by atoms with Gasteiger partial charge in [-0.05, 0) is 38.0 Å². The summed E-state index contributed by atoms with van der Waals surface area (Å²) >= 11 is 3.48. The van der Waals surface area contributed by atoms with Gasteiger partial charge in [0.2, 0.25) is 5.95 Å². The molecule has 1 aliphatic carbocycles. The Kier molecular flexibility index (Phi) is 4.90. The lowest BCUT2D eigenvalue weighted by Gasteiger charge is -2.45. The molecule has 142 valence electrons. The minimum absolute atomic E-state index is 0.0341. The van der Waals surface area contributed by atoms with Gasteiger partial charge in [-0.15, -0.1) is 0 Å². The highest BCUT2D eigenvalue weighted by atomic mass is 79.9. The van der Waals surface area contributed by atoms with Crippen LogP contribution >= 0.6 is 15.9 Å². The lowest BCUT2D eigenvalue weighted by atomic mass is 10.2. The number of amides is 2. The SMILES string of the molecule is CCN1C(=O)N(C)c2cnc(Nc3cccc(Br)c3)nc2N1C1CCCC1. The van der Waals surface area contributed by atoms with Gasteiger partial charge in [0.1, 0.15) is 5.69 Å². The number of fused-ring (bicyclic) bond motifs is 1. The van der Waals surface area contributed by atoms with Gasteiger partial charge in [-0.3, -0.25) is 9.91 Å². The zero-order chi connectivity index (χ0) is 19.0. The van der Waals surface area contributed by atoms with Crippen LogP contribution in [0.25, 0.3) is 0 Å². The van der Waals surface area contributed by atoms with E-state index in [2.05, 4.69) is 31.2 Å². The van der Waals surface area contributed by atoms with Gasteiger partial charge in [0, 0.05) is 23.8 Å². The van der Waals surface area contributed by atoms with Gasteiger partial charge < -0.3 is 5.32 Å². The molecule has 0 atom stereocenters. The van der Waals surface area contributed by atoms with Crippen LogP contribution in [-0.4, -0.2) is 40.6 Å². The van der Waals surface area contributed by atoms with E-state index in [0.29, 0.717) is 18.5 Å². The van der Waals surface area contributed by atoms with Crippen LogP contribution < -0.4 is 15.2 Å². The molecule has 2 amide bonds. The number of hydrogen-bond acceptors (Lipinski definition) is 5. The summed E-state index contributed by atoms with van der Waals surface area (Å²) in [6, 6.07) is 8.14. The molecule has 8 heteroatoms. The number of carbonyl (C=O) groups excluding carboxylic acids is 1. The fourth-order valence-corrected chi connectivity index (χ4v) is 4.22. The molecular weight excluding hydrogens is 408 g/mol. The molecule has 0 radical (unpaired) electrons. The second-order valence-electron chi connectivity index (χ2n) is 6.88. The quantitative estimate of drug-likeness (QED) is 0.770. The van der Waals surface area contributed by atoms with Gasteiger partial charge >= 0.3 is 6.03 Å². The summed E-state index contributed by atoms with van der Waals surface area (Å²) in [5.74, 6) is 1.31. The third-order valence-electron chi connectivity index (χ3n) is 5.15. The Labute approximate surface area is 167 Å². The third kappa shape index (κ3) is 3.34. The van der Waals surface area contributed by atoms with E-state index in [-0.39, 0.29) is 6.03 Å². The Morgan fingerprint density at radius 2 is 2.07 bits per heavy atom. The molecule has 2 heterocycles. The van der Waals surface area contributed by atoms with Crippen LogP contribution in [0.5, 0.6) is 0 Å². The van der Waals surface area contributed by atoms with E-state index in [4.69, 9.17) is 4.98 Å². The average Bonchev–Trinajstić information content (AvgIpc) is 3.18. The van der Waals surface area contributed by atoms with E-state index in [0.717, 1.165) is 34.5 Å². The first kappa shape index (κ1) is 18.0. The maximum atomic E-state index is 12.8. The van der Waals surface area contributed by atoms with Gasteiger partial charge in [0.05, 0.1) is 12.2 Å². The number of nitrogens with one attached hydrogen (secondary N) is 1. The van der Waals surface area contributed by atoms with E-state index in [1.54, 1.807) is 23.2 Å². The van der Waals surface area contributed by atoms with Crippen molar-refractivity contribution in [2.45, 2.75) is 38.6 Å². The van der Waals surface area contributed by atoms with Crippen molar-refractivity contribution in [1.29, 1.82) is 0 Å². The largest absolute Gasteiger partial charge is 0.343 e. The molecule has 2 aliphatic rings. The summed E-state index contributed by atoms with van der Waals surface area (Å²) < 4.78 is 0.987. The normalized spacial score (nSPS) is 17.4. The van der Waals surface area contributed by atoms with Gasteiger partial charge in [-0.1, -0.05) is 34.8 Å². The molecule has 0 unspecified atom stereocenters. The first-order valence-corrected chi connectivity index (χ1v) is 10.1. The standard InChI is InChI=1S/C19H23BrN6O/c1-3-25-19(27)24(2)16-12-21-18(22-14-8-6-7-13(20)11-14)23-17(16)26(25)15-9-4-5-10-15/h6-8,11-12,15H,3-5,9-10H2,1-2H3,(H,21,22,23). The van der Waals surface area contributed by atoms with Gasteiger partial charge in [0.25, 0.3) is 0 Å². The molecule has 1 aromatic heterocycles. The Balaban J connectivity index is 1.74. The molecular formula is C19H23BrN6O. The van der Waals surface area contributed by atoms with Crippen LogP contribution in [0.15, 0.2) is 34.9 Å². The molecule has 1 N–H and O–H groups in total. The van der Waals surface area contributed by atoms with Crippen LogP contribution in [-0.2, 0) is 0 Å². The van der Waals surface area contributed by atoms with Gasteiger partial charge in [-0.25, -0.2) is 14.8 Å². The molecule has 0 saturated heterocycles. The summed E-state index contributed by atoms with van der Waals surface area (Å²) in [5, 5.41) is 7.16. The van der Waals surface area contributed by atoms with Crippen molar-refractivity contribution in [1.82, 2.24) is 15.0 Å². The maximum Gasteiger partial charge on any atom is 0.343 e. The number of urea groups is 1. The predicted octanol–water partition coefficient (Wildman–Crippen LogP) is 4.54. The number of hydrogen-bond donors (Lipinski definition) is 1. The monoisotopic (exact) mass is 430 g/mol. The predicted molar refractivity (Wildman–Crippen MR) is 110 cm³/mol. The van der Waals surface area contributed by atoms with Crippen LogP contribution in [0.2, 0.25) is 0 Å². The Hall–Kier alpha value is -2.35. The zero-order valence-electron chi connectivity index (χ0n) is 15.5. The van der Waals surface area contributed by atoms with Crippen LogP contribution in [0.4, 0.5) is 27.9 Å². The summed E-state index contributed by atoms with van der Waals surface area (Å²) in [5.41, 5.74) is 1.65. The number of halogens is 1. The van der Waals surface area contributed by atoms with Crippen molar-refractivity contribution < 1.29 is 4.79 Å². The molecule has 4 rings (SSSR count). The minimum atomic E-state index is -0.0341. The molecule has 0 bridgehead atoms. The second-order valence-corrected chi connectivity index (χ2v) is 7.79. The summed E-state index contributed by atoms with van der Waals surface area (Å²) in [6.07, 6.45) is 6.25. The number of aromatic nitrogens is 2. The number of carbonyl (C=O) groups is 1. The second kappa shape index (κ2) is 7.34. The molecule has 1 aliphatic heterocycles. The van der Waals surface area contributed by atoms with Crippen LogP contribution in [0, 0.1) is 0 Å². The molecule has 0 spiro atoms. The minimum Gasteiger partial charge on any atom is -0.324 e. The third-order valence-corrected chi connectivity index (χ3v) is 5.64. The molecule has 7 nitrogen and oxygen atoms in total. The molecule has 1 saturated carbocycles. The fraction of sp³-hybridized carbons (Fsp3) is 0.421. The zero-order valence-corrected chi connectivity index (χ0v) is 17.1. The van der Waals surface area contributed by atoms with Crippen molar-refractivity contribution in [2.75, 3.05) is 28.8 Å². The number of benzene rings is 1. The van der Waals surface area contributed by atoms with Crippen molar-refractivity contribution in [3.8, 4) is 0 Å². The average molecular weight is 431 g/mol. The van der Waals surface area contributed by atoms with E-state index in [1.165, 1.54) is 12.8 Å². The maximum absolute atomic E-state index is 12.8. The van der Waals surface area contributed by atoms with Crippen LogP contribution in [0.3, 0.4) is 0 Å². The van der Waals surface area contributed by atoms with Crippen molar-refractivity contribution in [3.05, 3.63) is 34.9 Å². The molecule has 2 aromatic rings. The molecule has 1 aromatic carbocycles. The smallest absolute Gasteiger partial charge is 0.324 e. The number of nitrogens with zero attached hydrogens (tertiary/aromatic N) is 5. The van der Waals surface area contributed by atoms with Gasteiger partial charge in [0.15, 0.2) is 5.82 Å². The van der Waals surface area contributed by atoms with E-state index >= 15 is 0 Å². The first-order valence-electron chi connectivity index (χ1n) is 9.32. The summed E-state index contributed by atoms with van der Waals surface area (Å²) in [7, 11) is 1.78. The van der Waals surface area contributed by atoms with Crippen molar-refractivity contribution in [3.63, 3.8) is 0 Å². The highest BCUT2D eigenvalue weighted by Gasteiger charge is 2.39. The Bertz CT molecular complexity index is 854. The van der Waals surface area contributed by atoms with E-state index < -0.39 is 0 Å². The first-order chi connectivity index (χ1) is 13.1. The number of anilines is 4. The van der Waals surface area contributed by atoms with E-state index in [9.17, 15) is 4.79 Å². The number of hydrazine groups is 1. The lowest BCUT2D eigenvalue weighted by molar-refractivity contribution is 0.191. The molecule has 27 heavy (non-hydrogen) atoms. The van der Waals surface area contributed by atoms with Crippen molar-refractivity contribution >= 4 is 45.1 Å². The summed E-state index contributed by atoms with van der Waals surface area (Å²) in [4.78, 5) is 23.7. The number of rotatable bonds is 4. The summed E-state index contributed by atoms with van der Waals surface area (Å²) in [6.45, 7) is 2.61. The Morgan fingerprint density at radius 3 is 2.78 bits per heavy atom. The topological polar surface area (TPSA) is 64.6 Å². The fourth-order valence-electron chi connectivity index (χ4n) is 3.82.